The van der Waals surface area contributed by atoms with Gasteiger partial charge in [-0.05, 0) is 40.2 Å². The van der Waals surface area contributed by atoms with Gasteiger partial charge in [-0.15, -0.1) is 0 Å². The predicted molar refractivity (Wildman–Crippen MR) is 84.6 cm³/mol. The fourth-order valence-corrected chi connectivity index (χ4v) is 2.76. The van der Waals surface area contributed by atoms with Crippen LogP contribution in [0.4, 0.5) is 0 Å². The van der Waals surface area contributed by atoms with Crippen LogP contribution in [-0.2, 0) is 13.7 Å². The molecule has 1 aromatic heterocycles. The average molecular weight is 345 g/mol. The van der Waals surface area contributed by atoms with Crippen LogP contribution in [0.5, 0.6) is 5.75 Å². The predicted octanol–water partition coefficient (Wildman–Crippen LogP) is 3.73. The smallest absolute Gasteiger partial charge is 0.150 e. The topological polar surface area (TPSA) is 44.1 Å². The second-order valence-corrected chi connectivity index (χ2v) is 5.54. The molecule has 1 heterocycles. The van der Waals surface area contributed by atoms with Crippen LogP contribution in [0.25, 0.3) is 10.9 Å². The first-order valence-electron chi connectivity index (χ1n) is 6.47. The average Bonchev–Trinajstić information content (AvgIpc) is 2.83. The molecule has 0 amide bonds. The van der Waals surface area contributed by atoms with Gasteiger partial charge >= 0.3 is 0 Å². The number of hydrogen-bond acceptors (Lipinski definition) is 3. The second kappa shape index (κ2) is 5.69. The molecule has 4 nitrogen and oxygen atoms in total. The summed E-state index contributed by atoms with van der Waals surface area (Å²) in [6.45, 7) is 0.375. The summed E-state index contributed by atoms with van der Waals surface area (Å²) in [7, 11) is 1.92. The molecule has 0 aliphatic rings. The fraction of sp³-hybridized carbons (Fsp3) is 0.125. The van der Waals surface area contributed by atoms with E-state index in [4.69, 9.17) is 4.74 Å². The van der Waals surface area contributed by atoms with Gasteiger partial charge in [0.15, 0.2) is 0 Å². The van der Waals surface area contributed by atoms with Gasteiger partial charge < -0.3 is 4.74 Å². The highest BCUT2D eigenvalue weighted by molar-refractivity contribution is 9.10. The molecule has 106 valence electrons. The van der Waals surface area contributed by atoms with Crippen molar-refractivity contribution in [1.29, 1.82) is 0 Å². The lowest BCUT2D eigenvalue weighted by Gasteiger charge is -2.07. The van der Waals surface area contributed by atoms with Crippen LogP contribution in [-0.4, -0.2) is 16.1 Å². The first kappa shape index (κ1) is 13.8. The van der Waals surface area contributed by atoms with Crippen LogP contribution in [0.1, 0.15) is 16.1 Å². The molecule has 21 heavy (non-hydrogen) atoms. The number of rotatable bonds is 4. The maximum atomic E-state index is 10.7. The number of carbonyl (C=O) groups excluding carboxylic acids is 1. The van der Waals surface area contributed by atoms with E-state index in [1.54, 1.807) is 18.2 Å². The van der Waals surface area contributed by atoms with E-state index in [2.05, 4.69) is 21.0 Å². The van der Waals surface area contributed by atoms with Crippen LogP contribution < -0.4 is 4.74 Å². The van der Waals surface area contributed by atoms with Crippen LogP contribution >= 0.6 is 15.9 Å². The van der Waals surface area contributed by atoms with Crippen molar-refractivity contribution in [3.8, 4) is 5.75 Å². The molecule has 0 atom stereocenters. The number of aldehydes is 1. The van der Waals surface area contributed by atoms with Gasteiger partial charge in [0.05, 0.1) is 9.99 Å². The van der Waals surface area contributed by atoms with Crippen molar-refractivity contribution in [1.82, 2.24) is 9.78 Å². The van der Waals surface area contributed by atoms with E-state index in [0.717, 1.165) is 27.4 Å². The van der Waals surface area contributed by atoms with Gasteiger partial charge in [0.25, 0.3) is 0 Å². The van der Waals surface area contributed by atoms with Crippen molar-refractivity contribution in [2.75, 3.05) is 0 Å². The third kappa shape index (κ3) is 2.69. The first-order chi connectivity index (χ1) is 10.2. The Morgan fingerprint density at radius 2 is 2.10 bits per heavy atom. The van der Waals surface area contributed by atoms with E-state index in [1.807, 2.05) is 36.0 Å². The number of hydrogen-bond donors (Lipinski definition) is 0. The molecule has 5 heteroatoms. The summed E-state index contributed by atoms with van der Waals surface area (Å²) in [5.74, 6) is 0.690. The van der Waals surface area contributed by atoms with Gasteiger partial charge in [-0.25, -0.2) is 0 Å². The Morgan fingerprint density at radius 3 is 2.86 bits per heavy atom. The van der Waals surface area contributed by atoms with Crippen LogP contribution in [0, 0.1) is 0 Å². The molecule has 0 saturated heterocycles. The SMILES string of the molecule is Cn1nc(COc2ccc(C=O)cc2Br)c2ccccc21. The zero-order valence-corrected chi connectivity index (χ0v) is 13.0. The lowest BCUT2D eigenvalue weighted by molar-refractivity contribution is 0.112. The summed E-state index contributed by atoms with van der Waals surface area (Å²) in [4.78, 5) is 10.7. The molecule has 0 N–H and O–H groups in total. The van der Waals surface area contributed by atoms with Crippen molar-refractivity contribution >= 4 is 33.1 Å². The lowest BCUT2D eigenvalue weighted by Crippen LogP contribution is -1.99. The van der Waals surface area contributed by atoms with E-state index < -0.39 is 0 Å². The Labute approximate surface area is 130 Å². The molecule has 3 rings (SSSR count). The molecule has 0 spiro atoms. The molecule has 0 saturated carbocycles. The Balaban J connectivity index is 1.85. The standard InChI is InChI=1S/C16H13BrN2O2/c1-19-15-5-3-2-4-12(15)14(18-19)10-21-16-7-6-11(9-20)8-13(16)17/h2-9H,10H2,1H3. The van der Waals surface area contributed by atoms with Crippen LogP contribution in [0.3, 0.4) is 0 Å². The Hall–Kier alpha value is -2.14. The molecule has 0 bridgehead atoms. The van der Waals surface area contributed by atoms with E-state index in [1.165, 1.54) is 0 Å². The van der Waals surface area contributed by atoms with Gasteiger partial charge in [0.2, 0.25) is 0 Å². The third-order valence-corrected chi connectivity index (χ3v) is 3.91. The summed E-state index contributed by atoms with van der Waals surface area (Å²) in [6, 6.07) is 13.3. The van der Waals surface area contributed by atoms with Crippen molar-refractivity contribution in [2.45, 2.75) is 6.61 Å². The molecule has 0 radical (unpaired) electrons. The highest BCUT2D eigenvalue weighted by Gasteiger charge is 2.09. The molecule has 2 aromatic carbocycles. The monoisotopic (exact) mass is 344 g/mol. The Kier molecular flexibility index (Phi) is 3.75. The zero-order chi connectivity index (χ0) is 14.8. The number of carbonyl (C=O) groups is 1. The van der Waals surface area contributed by atoms with Gasteiger partial charge in [0, 0.05) is 18.0 Å². The summed E-state index contributed by atoms with van der Waals surface area (Å²) >= 11 is 3.41. The van der Waals surface area contributed by atoms with E-state index in [9.17, 15) is 4.79 Å². The number of nitrogens with zero attached hydrogens (tertiary/aromatic N) is 2. The summed E-state index contributed by atoms with van der Waals surface area (Å²) in [6.07, 6.45) is 0.806. The number of para-hydroxylation sites is 1. The second-order valence-electron chi connectivity index (χ2n) is 4.68. The van der Waals surface area contributed by atoms with E-state index in [0.29, 0.717) is 17.9 Å². The number of halogens is 1. The number of ether oxygens (including phenoxy) is 1. The minimum atomic E-state index is 0.375. The highest BCUT2D eigenvalue weighted by atomic mass is 79.9. The largest absolute Gasteiger partial charge is 0.486 e. The molecular weight excluding hydrogens is 332 g/mol. The summed E-state index contributed by atoms with van der Waals surface area (Å²) < 4.78 is 8.41. The summed E-state index contributed by atoms with van der Waals surface area (Å²) in [5.41, 5.74) is 2.57. The van der Waals surface area contributed by atoms with Gasteiger partial charge in [-0.1, -0.05) is 18.2 Å². The van der Waals surface area contributed by atoms with E-state index >= 15 is 0 Å². The minimum absolute atomic E-state index is 0.375. The highest BCUT2D eigenvalue weighted by Crippen LogP contribution is 2.27. The number of aryl methyl sites for hydroxylation is 1. The lowest BCUT2D eigenvalue weighted by atomic mass is 10.2. The minimum Gasteiger partial charge on any atom is -0.486 e. The molecular formula is C16H13BrN2O2. The van der Waals surface area contributed by atoms with Crippen molar-refractivity contribution in [3.05, 3.63) is 58.2 Å². The number of aromatic nitrogens is 2. The quantitative estimate of drug-likeness (QED) is 0.677. The zero-order valence-electron chi connectivity index (χ0n) is 11.4. The van der Waals surface area contributed by atoms with Crippen molar-refractivity contribution in [2.24, 2.45) is 7.05 Å². The maximum Gasteiger partial charge on any atom is 0.150 e. The molecule has 0 unspecified atom stereocenters. The molecule has 0 aliphatic heterocycles. The summed E-state index contributed by atoms with van der Waals surface area (Å²) in [5, 5.41) is 5.57. The van der Waals surface area contributed by atoms with E-state index in [-0.39, 0.29) is 0 Å². The maximum absolute atomic E-state index is 10.7. The van der Waals surface area contributed by atoms with Gasteiger partial charge in [0.1, 0.15) is 24.3 Å². The van der Waals surface area contributed by atoms with Gasteiger partial charge in [-0.2, -0.15) is 5.10 Å². The number of benzene rings is 2. The van der Waals surface area contributed by atoms with Crippen molar-refractivity contribution in [3.63, 3.8) is 0 Å². The molecule has 3 aromatic rings. The van der Waals surface area contributed by atoms with Gasteiger partial charge in [-0.3, -0.25) is 9.48 Å². The Bertz CT molecular complexity index is 811. The van der Waals surface area contributed by atoms with Crippen LogP contribution in [0.15, 0.2) is 46.9 Å². The molecule has 0 fully saturated rings. The normalized spacial score (nSPS) is 10.8. The Morgan fingerprint density at radius 1 is 1.29 bits per heavy atom. The number of fused-ring (bicyclic) bond motifs is 1. The fourth-order valence-electron chi connectivity index (χ4n) is 2.25. The molecule has 0 aliphatic carbocycles. The van der Waals surface area contributed by atoms with Crippen LogP contribution in [0.2, 0.25) is 0 Å². The third-order valence-electron chi connectivity index (χ3n) is 3.29. The first-order valence-corrected chi connectivity index (χ1v) is 7.26. The van der Waals surface area contributed by atoms with Crippen molar-refractivity contribution < 1.29 is 9.53 Å².